The highest BCUT2D eigenvalue weighted by Gasteiger charge is 2.08. The van der Waals surface area contributed by atoms with Crippen LogP contribution < -0.4 is 4.80 Å². The van der Waals surface area contributed by atoms with Crippen LogP contribution in [0.3, 0.4) is 0 Å². The zero-order valence-corrected chi connectivity index (χ0v) is 15.5. The molecule has 1 heterocycles. The van der Waals surface area contributed by atoms with Gasteiger partial charge in [-0.1, -0.05) is 59.6 Å². The van der Waals surface area contributed by atoms with Crippen molar-refractivity contribution >= 4 is 33.0 Å². The fourth-order valence-electron chi connectivity index (χ4n) is 2.42. The van der Waals surface area contributed by atoms with E-state index in [1.807, 2.05) is 30.3 Å². The number of rotatable bonds is 5. The zero-order chi connectivity index (χ0) is 16.1. The Morgan fingerprint density at radius 2 is 1.78 bits per heavy atom. The second kappa shape index (κ2) is 7.75. The predicted octanol–water partition coefficient (Wildman–Crippen LogP) is 6.01. The molecule has 0 radical (unpaired) electrons. The highest BCUT2D eigenvalue weighted by molar-refractivity contribution is 9.10. The molecule has 4 heteroatoms. The van der Waals surface area contributed by atoms with E-state index < -0.39 is 0 Å². The maximum atomic E-state index is 4.83. The number of hydrogen-bond donors (Lipinski definition) is 0. The summed E-state index contributed by atoms with van der Waals surface area (Å²) in [7, 11) is 0. The molecular formula is C19H19BrN2S. The van der Waals surface area contributed by atoms with Crippen LogP contribution in [0.25, 0.3) is 11.3 Å². The average molecular weight is 387 g/mol. The van der Waals surface area contributed by atoms with Crippen LogP contribution >= 0.6 is 27.3 Å². The Balaban J connectivity index is 2.07. The minimum absolute atomic E-state index is 0.997. The molecule has 0 atom stereocenters. The van der Waals surface area contributed by atoms with Gasteiger partial charge in [-0.25, -0.2) is 4.99 Å². The van der Waals surface area contributed by atoms with E-state index in [1.54, 1.807) is 11.3 Å². The van der Waals surface area contributed by atoms with Crippen LogP contribution in [-0.4, -0.2) is 4.57 Å². The monoisotopic (exact) mass is 386 g/mol. The summed E-state index contributed by atoms with van der Waals surface area (Å²) < 4.78 is 3.44. The number of unbranched alkanes of at least 4 members (excludes halogenated alkanes) is 1. The summed E-state index contributed by atoms with van der Waals surface area (Å²) in [5.41, 5.74) is 3.47. The van der Waals surface area contributed by atoms with Gasteiger partial charge in [-0.05, 0) is 36.2 Å². The van der Waals surface area contributed by atoms with Crippen LogP contribution in [0.2, 0.25) is 0 Å². The van der Waals surface area contributed by atoms with E-state index in [0.717, 1.165) is 27.9 Å². The number of hydrogen-bond acceptors (Lipinski definition) is 2. The minimum Gasteiger partial charge on any atom is -0.316 e. The van der Waals surface area contributed by atoms with Gasteiger partial charge in [-0.3, -0.25) is 0 Å². The number of para-hydroxylation sites is 1. The second-order valence-corrected chi connectivity index (χ2v) is 7.12. The molecule has 3 aromatic rings. The van der Waals surface area contributed by atoms with E-state index in [0.29, 0.717) is 0 Å². The third-order valence-corrected chi connectivity index (χ3v) is 5.05. The summed E-state index contributed by atoms with van der Waals surface area (Å²) in [6.45, 7) is 3.22. The Bertz CT molecular complexity index is 817. The van der Waals surface area contributed by atoms with Crippen molar-refractivity contribution in [2.24, 2.45) is 4.99 Å². The highest BCUT2D eigenvalue weighted by Crippen LogP contribution is 2.23. The van der Waals surface area contributed by atoms with Gasteiger partial charge >= 0.3 is 0 Å². The topological polar surface area (TPSA) is 17.3 Å². The smallest absolute Gasteiger partial charge is 0.190 e. The summed E-state index contributed by atoms with van der Waals surface area (Å²) in [6.07, 6.45) is 2.33. The maximum absolute atomic E-state index is 4.83. The summed E-state index contributed by atoms with van der Waals surface area (Å²) in [6, 6.07) is 18.6. The van der Waals surface area contributed by atoms with Crippen molar-refractivity contribution in [3.63, 3.8) is 0 Å². The lowest BCUT2D eigenvalue weighted by Gasteiger charge is -2.08. The maximum Gasteiger partial charge on any atom is 0.190 e. The highest BCUT2D eigenvalue weighted by atomic mass is 79.9. The second-order valence-electron chi connectivity index (χ2n) is 5.36. The Morgan fingerprint density at radius 3 is 2.48 bits per heavy atom. The predicted molar refractivity (Wildman–Crippen MR) is 102 cm³/mol. The van der Waals surface area contributed by atoms with Crippen LogP contribution in [0.1, 0.15) is 19.8 Å². The van der Waals surface area contributed by atoms with E-state index in [9.17, 15) is 0 Å². The van der Waals surface area contributed by atoms with Crippen molar-refractivity contribution in [1.29, 1.82) is 0 Å². The van der Waals surface area contributed by atoms with Crippen LogP contribution in [0.4, 0.5) is 5.69 Å². The van der Waals surface area contributed by atoms with Crippen molar-refractivity contribution < 1.29 is 0 Å². The number of thiazole rings is 1. The Labute approximate surface area is 149 Å². The summed E-state index contributed by atoms with van der Waals surface area (Å²) in [5, 5.41) is 2.21. The van der Waals surface area contributed by atoms with Crippen molar-refractivity contribution in [2.45, 2.75) is 26.3 Å². The molecule has 0 saturated heterocycles. The third-order valence-electron chi connectivity index (χ3n) is 3.65. The third kappa shape index (κ3) is 4.01. The zero-order valence-electron chi connectivity index (χ0n) is 13.1. The quantitative estimate of drug-likeness (QED) is 0.510. The van der Waals surface area contributed by atoms with Crippen molar-refractivity contribution in [1.82, 2.24) is 4.57 Å². The van der Waals surface area contributed by atoms with Crippen LogP contribution in [0.15, 0.2) is 69.4 Å². The molecule has 0 bridgehead atoms. The summed E-state index contributed by atoms with van der Waals surface area (Å²) in [4.78, 5) is 5.89. The molecular weight excluding hydrogens is 368 g/mol. The lowest BCUT2D eigenvalue weighted by Crippen LogP contribution is -2.15. The first-order chi connectivity index (χ1) is 11.3. The van der Waals surface area contributed by atoms with Gasteiger partial charge in [0.25, 0.3) is 0 Å². The van der Waals surface area contributed by atoms with Crippen LogP contribution in [0.5, 0.6) is 0 Å². The van der Waals surface area contributed by atoms with Crippen molar-refractivity contribution in [3.8, 4) is 11.3 Å². The van der Waals surface area contributed by atoms with Gasteiger partial charge in [0.05, 0.1) is 11.4 Å². The van der Waals surface area contributed by atoms with E-state index >= 15 is 0 Å². The molecule has 2 aromatic carbocycles. The Hall–Kier alpha value is -1.65. The van der Waals surface area contributed by atoms with Gasteiger partial charge in [0.2, 0.25) is 0 Å². The molecule has 0 N–H and O–H groups in total. The van der Waals surface area contributed by atoms with E-state index in [4.69, 9.17) is 4.99 Å². The first-order valence-corrected chi connectivity index (χ1v) is 9.49. The molecule has 0 unspecified atom stereocenters. The Kier molecular flexibility index (Phi) is 5.47. The normalized spacial score (nSPS) is 11.8. The van der Waals surface area contributed by atoms with Gasteiger partial charge in [-0.2, -0.15) is 0 Å². The first-order valence-electron chi connectivity index (χ1n) is 7.82. The molecule has 0 aliphatic heterocycles. The van der Waals surface area contributed by atoms with E-state index in [1.165, 1.54) is 17.7 Å². The number of benzene rings is 2. The molecule has 2 nitrogen and oxygen atoms in total. The average Bonchev–Trinajstić information content (AvgIpc) is 2.97. The largest absolute Gasteiger partial charge is 0.316 e. The van der Waals surface area contributed by atoms with Gasteiger partial charge in [-0.15, -0.1) is 11.3 Å². The molecule has 0 aliphatic carbocycles. The number of aromatic nitrogens is 1. The first kappa shape index (κ1) is 16.2. The van der Waals surface area contributed by atoms with Gasteiger partial charge in [0.15, 0.2) is 4.80 Å². The molecule has 0 saturated carbocycles. The molecule has 3 rings (SSSR count). The van der Waals surface area contributed by atoms with E-state index in [-0.39, 0.29) is 0 Å². The molecule has 23 heavy (non-hydrogen) atoms. The Morgan fingerprint density at radius 1 is 1.04 bits per heavy atom. The molecule has 0 amide bonds. The van der Waals surface area contributed by atoms with Crippen LogP contribution in [0, 0.1) is 0 Å². The fourth-order valence-corrected chi connectivity index (χ4v) is 3.64. The lowest BCUT2D eigenvalue weighted by atomic mass is 10.2. The molecule has 0 aliphatic rings. The van der Waals surface area contributed by atoms with Gasteiger partial charge in [0.1, 0.15) is 0 Å². The number of nitrogens with zero attached hydrogens (tertiary/aromatic N) is 2. The molecule has 1 aromatic heterocycles. The van der Waals surface area contributed by atoms with Crippen LogP contribution in [-0.2, 0) is 6.54 Å². The molecule has 0 fully saturated rings. The summed E-state index contributed by atoms with van der Waals surface area (Å²) >= 11 is 5.21. The minimum atomic E-state index is 0.997. The van der Waals surface area contributed by atoms with Crippen molar-refractivity contribution in [2.75, 3.05) is 0 Å². The van der Waals surface area contributed by atoms with Gasteiger partial charge < -0.3 is 4.57 Å². The molecule has 0 spiro atoms. The van der Waals surface area contributed by atoms with Gasteiger partial charge in [0, 0.05) is 16.4 Å². The fraction of sp³-hybridized carbons (Fsp3) is 0.211. The molecule has 118 valence electrons. The number of halogens is 1. The standard InChI is InChI=1S/C19H19BrN2S/c1-2-3-13-22-18(15-9-11-16(20)12-10-15)14-23-19(22)21-17-7-5-4-6-8-17/h4-12,14H,2-3,13H2,1H3. The summed E-state index contributed by atoms with van der Waals surface area (Å²) in [5.74, 6) is 0. The lowest BCUT2D eigenvalue weighted by molar-refractivity contribution is 0.624. The van der Waals surface area contributed by atoms with Crippen molar-refractivity contribution in [3.05, 3.63) is 69.3 Å². The van der Waals surface area contributed by atoms with E-state index in [2.05, 4.69) is 57.1 Å². The SMILES string of the molecule is CCCCn1c(-c2ccc(Br)cc2)csc1=Nc1ccccc1.